The van der Waals surface area contributed by atoms with Crippen molar-refractivity contribution in [3.63, 3.8) is 0 Å². The van der Waals surface area contributed by atoms with E-state index >= 15 is 0 Å². The second-order valence-electron chi connectivity index (χ2n) is 18.0. The zero-order valence-corrected chi connectivity index (χ0v) is 35.7. The number of nitrogens with zero attached hydrogens (tertiary/aromatic N) is 1. The van der Waals surface area contributed by atoms with Crippen LogP contribution in [0.25, 0.3) is 55.3 Å². The van der Waals surface area contributed by atoms with Crippen molar-refractivity contribution >= 4 is 27.8 Å². The summed E-state index contributed by atoms with van der Waals surface area (Å²) in [6.45, 7) is 4.70. The molecule has 0 fully saturated rings. The number of hydrogen-bond acceptors (Lipinski definition) is 2. The summed E-state index contributed by atoms with van der Waals surface area (Å²) in [5.41, 5.74) is 20.2. The first-order valence-electron chi connectivity index (χ1n) is 22.3. The third kappa shape index (κ3) is 5.14. The quantitative estimate of drug-likeness (QED) is 0.172. The summed E-state index contributed by atoms with van der Waals surface area (Å²) in [7, 11) is 0. The summed E-state index contributed by atoms with van der Waals surface area (Å²) in [6.07, 6.45) is 0. The molecule has 2 heteroatoms. The Morgan fingerprint density at radius 3 is 1.67 bits per heavy atom. The number of anilines is 3. The Balaban J connectivity index is 0.995. The van der Waals surface area contributed by atoms with Crippen LogP contribution in [0.4, 0.5) is 17.1 Å². The molecule has 10 aromatic rings. The lowest BCUT2D eigenvalue weighted by molar-refractivity contribution is 0.436. The van der Waals surface area contributed by atoms with Crippen LogP contribution in [0.5, 0.6) is 11.5 Å². The first-order chi connectivity index (χ1) is 31.5. The van der Waals surface area contributed by atoms with E-state index in [4.69, 9.17) is 4.74 Å². The van der Waals surface area contributed by atoms with Crippen molar-refractivity contribution in [3.8, 4) is 56.0 Å². The number of rotatable bonds is 5. The molecule has 13 rings (SSSR count). The van der Waals surface area contributed by atoms with Gasteiger partial charge in [-0.1, -0.05) is 190 Å². The van der Waals surface area contributed by atoms with E-state index < -0.39 is 5.41 Å². The van der Waals surface area contributed by atoms with E-state index in [0.29, 0.717) is 0 Å². The minimum absolute atomic E-state index is 0.0850. The van der Waals surface area contributed by atoms with Crippen LogP contribution in [0.15, 0.2) is 224 Å². The third-order valence-electron chi connectivity index (χ3n) is 14.3. The number of ether oxygens (including phenoxy) is 1. The number of para-hydroxylation sites is 1. The maximum atomic E-state index is 6.77. The topological polar surface area (TPSA) is 12.5 Å². The fourth-order valence-corrected chi connectivity index (χ4v) is 11.5. The molecule has 2 nitrogen and oxygen atoms in total. The van der Waals surface area contributed by atoms with Crippen molar-refractivity contribution < 1.29 is 4.74 Å². The van der Waals surface area contributed by atoms with E-state index in [0.717, 1.165) is 45.3 Å². The second kappa shape index (κ2) is 13.8. The molecule has 0 saturated carbocycles. The van der Waals surface area contributed by atoms with E-state index in [9.17, 15) is 0 Å². The molecule has 1 aliphatic heterocycles. The average Bonchev–Trinajstić information content (AvgIpc) is 3.77. The number of fused-ring (bicyclic) bond motifs is 13. The maximum absolute atomic E-state index is 6.77. The summed E-state index contributed by atoms with van der Waals surface area (Å²) in [5, 5.41) is 2.44. The van der Waals surface area contributed by atoms with Crippen LogP contribution < -0.4 is 9.64 Å². The molecule has 0 amide bonds. The van der Waals surface area contributed by atoms with Crippen molar-refractivity contribution in [3.05, 3.63) is 258 Å². The molecule has 0 saturated heterocycles. The Morgan fingerprint density at radius 2 is 0.922 bits per heavy atom. The van der Waals surface area contributed by atoms with Crippen LogP contribution in [-0.4, -0.2) is 0 Å². The predicted octanol–water partition coefficient (Wildman–Crippen LogP) is 16.4. The van der Waals surface area contributed by atoms with Gasteiger partial charge in [-0.15, -0.1) is 0 Å². The largest absolute Gasteiger partial charge is 0.457 e. The Morgan fingerprint density at radius 1 is 0.359 bits per heavy atom. The molecule has 0 atom stereocenters. The van der Waals surface area contributed by atoms with Gasteiger partial charge in [-0.3, -0.25) is 0 Å². The van der Waals surface area contributed by atoms with Gasteiger partial charge in [0.05, 0.1) is 11.1 Å². The second-order valence-corrected chi connectivity index (χ2v) is 18.0. The van der Waals surface area contributed by atoms with E-state index in [-0.39, 0.29) is 5.41 Å². The van der Waals surface area contributed by atoms with Crippen molar-refractivity contribution in [1.29, 1.82) is 0 Å². The highest BCUT2D eigenvalue weighted by Crippen LogP contribution is 2.62. The van der Waals surface area contributed by atoms with E-state index in [2.05, 4.69) is 243 Å². The zero-order chi connectivity index (χ0) is 42.6. The van der Waals surface area contributed by atoms with E-state index in [1.54, 1.807) is 0 Å². The highest BCUT2D eigenvalue weighted by Gasteiger charge is 2.51. The molecule has 1 heterocycles. The number of hydrogen-bond donors (Lipinski definition) is 0. The fourth-order valence-electron chi connectivity index (χ4n) is 11.5. The summed E-state index contributed by atoms with van der Waals surface area (Å²) in [5.74, 6) is 1.80. The van der Waals surface area contributed by atoms with Gasteiger partial charge in [-0.05, 0) is 121 Å². The van der Waals surface area contributed by atoms with Gasteiger partial charge in [0, 0.05) is 33.5 Å². The van der Waals surface area contributed by atoms with Gasteiger partial charge in [0.15, 0.2) is 0 Å². The molecule has 0 radical (unpaired) electrons. The summed E-state index contributed by atoms with van der Waals surface area (Å²) >= 11 is 0. The van der Waals surface area contributed by atoms with Crippen LogP contribution in [0, 0.1) is 0 Å². The Hall–Kier alpha value is -7.94. The van der Waals surface area contributed by atoms with Crippen LogP contribution in [0.3, 0.4) is 0 Å². The van der Waals surface area contributed by atoms with Crippen LogP contribution in [-0.2, 0) is 10.8 Å². The molecule has 10 aromatic carbocycles. The predicted molar refractivity (Wildman–Crippen MR) is 264 cm³/mol. The lowest BCUT2D eigenvalue weighted by Crippen LogP contribution is -2.32. The monoisotopic (exact) mass is 817 g/mol. The molecular weight excluding hydrogens is 775 g/mol. The molecule has 302 valence electrons. The van der Waals surface area contributed by atoms with Gasteiger partial charge in [-0.2, -0.15) is 0 Å². The summed E-state index contributed by atoms with van der Waals surface area (Å²) < 4.78 is 6.77. The van der Waals surface area contributed by atoms with Crippen molar-refractivity contribution in [1.82, 2.24) is 0 Å². The van der Waals surface area contributed by atoms with Crippen molar-refractivity contribution in [2.45, 2.75) is 24.7 Å². The molecule has 64 heavy (non-hydrogen) atoms. The molecular formula is C62H43NO. The fraction of sp³-hybridized carbons (Fsp3) is 0.0645. The first-order valence-corrected chi connectivity index (χ1v) is 22.3. The molecule has 0 N–H and O–H groups in total. The van der Waals surface area contributed by atoms with Gasteiger partial charge in [0.25, 0.3) is 0 Å². The zero-order valence-electron chi connectivity index (χ0n) is 35.7. The van der Waals surface area contributed by atoms with E-state index in [1.165, 1.54) is 72.0 Å². The normalized spacial score (nSPS) is 14.2. The third-order valence-corrected chi connectivity index (χ3v) is 14.3. The molecule has 0 bridgehead atoms. The lowest BCUT2D eigenvalue weighted by atomic mass is 9.66. The average molecular weight is 818 g/mol. The Labute approximate surface area is 374 Å². The van der Waals surface area contributed by atoms with Gasteiger partial charge >= 0.3 is 0 Å². The highest BCUT2D eigenvalue weighted by atomic mass is 16.5. The molecule has 3 aliphatic rings. The summed E-state index contributed by atoms with van der Waals surface area (Å²) in [4.78, 5) is 2.46. The molecule has 0 unspecified atom stereocenters. The van der Waals surface area contributed by atoms with Gasteiger partial charge < -0.3 is 9.64 Å². The molecule has 1 spiro atoms. The van der Waals surface area contributed by atoms with E-state index in [1.807, 2.05) is 0 Å². The van der Waals surface area contributed by atoms with Crippen LogP contribution >= 0.6 is 0 Å². The van der Waals surface area contributed by atoms with Crippen molar-refractivity contribution in [2.75, 3.05) is 4.90 Å². The highest BCUT2D eigenvalue weighted by molar-refractivity contribution is 6.05. The number of benzene rings is 10. The lowest BCUT2D eigenvalue weighted by Gasteiger charge is -2.39. The van der Waals surface area contributed by atoms with Crippen LogP contribution in [0.1, 0.15) is 47.2 Å². The first kappa shape index (κ1) is 36.7. The maximum Gasteiger partial charge on any atom is 0.132 e. The minimum Gasteiger partial charge on any atom is -0.457 e. The Bertz CT molecular complexity index is 3460. The summed E-state index contributed by atoms with van der Waals surface area (Å²) in [6, 6.07) is 82.6. The van der Waals surface area contributed by atoms with Gasteiger partial charge in [0.1, 0.15) is 11.5 Å². The minimum atomic E-state index is -0.519. The standard InChI is InChI=1S/C62H43NO/c1-61(2)51-23-11-8-22-49(51)50-39-45(34-35-52(50)61)63(57-36-30-41-16-6-7-19-46(41)60(57)42-17-4-3-5-18-42)44-32-28-40(29-33-44)43-31-37-59-56(38-43)62(55-26-14-15-27-58(55)64-59)53-24-12-9-20-47(53)48-21-10-13-25-54(48)62/h3-39H,1-2H3. The van der Waals surface area contributed by atoms with Crippen molar-refractivity contribution in [2.24, 2.45) is 0 Å². The van der Waals surface area contributed by atoms with Gasteiger partial charge in [-0.25, -0.2) is 0 Å². The molecule has 2 aliphatic carbocycles. The molecule has 0 aromatic heterocycles. The Kier molecular flexibility index (Phi) is 7.90. The smallest absolute Gasteiger partial charge is 0.132 e. The van der Waals surface area contributed by atoms with Gasteiger partial charge in [0.2, 0.25) is 0 Å². The SMILES string of the molecule is CC1(C)c2ccccc2-c2cc(N(c3ccc(-c4ccc5c(c4)C4(c6ccccc6O5)c5ccccc5-c5ccccc54)cc3)c3ccc4ccccc4c3-c3ccccc3)ccc21. The van der Waals surface area contributed by atoms with Crippen LogP contribution in [0.2, 0.25) is 0 Å².